The Labute approximate surface area is 143 Å². The first kappa shape index (κ1) is 19.5. The SMILES string of the molecule is O=S(=O)(NCC(F)(F)F)N1CCC(C(O)c2ccc(Cl)cc2)CC1. The summed E-state index contributed by atoms with van der Waals surface area (Å²) in [5.41, 5.74) is 0.677. The summed E-state index contributed by atoms with van der Waals surface area (Å²) in [6, 6.07) is 6.70. The standard InChI is InChI=1S/C14H18ClF3N2O3S/c15-12-3-1-10(2-4-12)13(21)11-5-7-20(8-6-11)24(22,23)19-9-14(16,17)18/h1-4,11,13,19,21H,5-9H2. The summed E-state index contributed by atoms with van der Waals surface area (Å²) in [5, 5.41) is 10.9. The van der Waals surface area contributed by atoms with Crippen molar-refractivity contribution in [3.63, 3.8) is 0 Å². The zero-order chi connectivity index (χ0) is 18.0. The molecule has 2 N–H and O–H groups in total. The fraction of sp³-hybridized carbons (Fsp3) is 0.571. The van der Waals surface area contributed by atoms with Gasteiger partial charge in [-0.15, -0.1) is 0 Å². The molecule has 1 aromatic rings. The molecule has 2 rings (SSSR count). The number of hydrogen-bond donors (Lipinski definition) is 2. The van der Waals surface area contributed by atoms with E-state index in [0.29, 0.717) is 23.4 Å². The first-order valence-corrected chi connectivity index (χ1v) is 9.15. The number of benzene rings is 1. The van der Waals surface area contributed by atoms with Crippen molar-refractivity contribution in [3.8, 4) is 0 Å². The third-order valence-corrected chi connectivity index (χ3v) is 5.76. The molecule has 1 aliphatic heterocycles. The van der Waals surface area contributed by atoms with E-state index in [1.807, 2.05) is 0 Å². The van der Waals surface area contributed by atoms with Crippen LogP contribution in [0, 0.1) is 5.92 Å². The monoisotopic (exact) mass is 386 g/mol. The van der Waals surface area contributed by atoms with Crippen LogP contribution in [0.15, 0.2) is 24.3 Å². The molecule has 1 aromatic carbocycles. The maximum atomic E-state index is 12.1. The Kier molecular flexibility index (Phi) is 6.14. The fourth-order valence-corrected chi connectivity index (χ4v) is 3.97. The van der Waals surface area contributed by atoms with Gasteiger partial charge in [0.2, 0.25) is 0 Å². The highest BCUT2D eigenvalue weighted by atomic mass is 35.5. The van der Waals surface area contributed by atoms with Gasteiger partial charge >= 0.3 is 6.18 Å². The molecule has 136 valence electrons. The van der Waals surface area contributed by atoms with Crippen molar-refractivity contribution < 1.29 is 26.7 Å². The van der Waals surface area contributed by atoms with E-state index in [1.54, 1.807) is 29.0 Å². The van der Waals surface area contributed by atoms with E-state index in [2.05, 4.69) is 0 Å². The number of aliphatic hydroxyl groups excluding tert-OH is 1. The molecule has 0 aromatic heterocycles. The van der Waals surface area contributed by atoms with Gasteiger partial charge in [-0.1, -0.05) is 23.7 Å². The minimum absolute atomic E-state index is 0.0580. The van der Waals surface area contributed by atoms with Crippen molar-refractivity contribution in [3.05, 3.63) is 34.9 Å². The molecule has 1 saturated heterocycles. The number of nitrogens with zero attached hydrogens (tertiary/aromatic N) is 1. The van der Waals surface area contributed by atoms with Gasteiger partial charge in [-0.25, -0.2) is 0 Å². The summed E-state index contributed by atoms with van der Waals surface area (Å²) in [5.74, 6) is -0.166. The Bertz CT molecular complexity index is 644. The van der Waals surface area contributed by atoms with E-state index >= 15 is 0 Å². The topological polar surface area (TPSA) is 69.6 Å². The third-order valence-electron chi connectivity index (χ3n) is 3.95. The fourth-order valence-electron chi connectivity index (χ4n) is 2.63. The maximum Gasteiger partial charge on any atom is 0.402 e. The molecule has 0 bridgehead atoms. The second-order valence-electron chi connectivity index (χ2n) is 5.67. The zero-order valence-electron chi connectivity index (χ0n) is 12.6. The van der Waals surface area contributed by atoms with Gasteiger partial charge < -0.3 is 5.11 Å². The van der Waals surface area contributed by atoms with Crippen molar-refractivity contribution in [2.24, 2.45) is 5.92 Å². The summed E-state index contributed by atoms with van der Waals surface area (Å²) >= 11 is 5.79. The largest absolute Gasteiger partial charge is 0.402 e. The summed E-state index contributed by atoms with van der Waals surface area (Å²) < 4.78 is 62.7. The second-order valence-corrected chi connectivity index (χ2v) is 7.87. The van der Waals surface area contributed by atoms with Crippen LogP contribution in [0.3, 0.4) is 0 Å². The Balaban J connectivity index is 1.92. The van der Waals surface area contributed by atoms with Crippen LogP contribution in [0.25, 0.3) is 0 Å². The number of nitrogens with one attached hydrogen (secondary N) is 1. The van der Waals surface area contributed by atoms with Crippen molar-refractivity contribution in [1.82, 2.24) is 9.03 Å². The molecular weight excluding hydrogens is 369 g/mol. The Hall–Kier alpha value is -0.870. The van der Waals surface area contributed by atoms with Gasteiger partial charge in [0.05, 0.1) is 6.10 Å². The van der Waals surface area contributed by atoms with Gasteiger partial charge in [-0.3, -0.25) is 0 Å². The Morgan fingerprint density at radius 1 is 1.25 bits per heavy atom. The minimum atomic E-state index is -4.60. The van der Waals surface area contributed by atoms with Crippen LogP contribution >= 0.6 is 11.6 Å². The maximum absolute atomic E-state index is 12.1. The lowest BCUT2D eigenvalue weighted by molar-refractivity contribution is -0.121. The lowest BCUT2D eigenvalue weighted by Gasteiger charge is -2.33. The molecule has 1 atom stereocenters. The van der Waals surface area contributed by atoms with Gasteiger partial charge in [0.1, 0.15) is 6.54 Å². The van der Waals surface area contributed by atoms with Crippen LogP contribution in [0.2, 0.25) is 5.02 Å². The predicted octanol–water partition coefficient (Wildman–Crippen LogP) is 2.48. The molecule has 5 nitrogen and oxygen atoms in total. The molecule has 0 spiro atoms. The molecule has 0 amide bonds. The van der Waals surface area contributed by atoms with E-state index in [4.69, 9.17) is 11.6 Å². The van der Waals surface area contributed by atoms with Gasteiger partial charge in [0, 0.05) is 18.1 Å². The second kappa shape index (κ2) is 7.57. The zero-order valence-corrected chi connectivity index (χ0v) is 14.2. The van der Waals surface area contributed by atoms with Crippen molar-refractivity contribution in [1.29, 1.82) is 0 Å². The van der Waals surface area contributed by atoms with Gasteiger partial charge in [0.15, 0.2) is 0 Å². The summed E-state index contributed by atoms with van der Waals surface area (Å²) in [6.07, 6.45) is -4.65. The van der Waals surface area contributed by atoms with E-state index in [-0.39, 0.29) is 19.0 Å². The van der Waals surface area contributed by atoms with E-state index in [9.17, 15) is 26.7 Å². The lowest BCUT2D eigenvalue weighted by atomic mass is 9.88. The summed E-state index contributed by atoms with van der Waals surface area (Å²) in [4.78, 5) is 0. The Morgan fingerprint density at radius 3 is 2.29 bits per heavy atom. The van der Waals surface area contributed by atoms with Crippen molar-refractivity contribution in [2.45, 2.75) is 25.1 Å². The summed E-state index contributed by atoms with van der Waals surface area (Å²) in [7, 11) is -4.17. The Morgan fingerprint density at radius 2 is 1.79 bits per heavy atom. The number of halogens is 4. The molecular formula is C14H18ClF3N2O3S. The number of aliphatic hydroxyl groups is 1. The summed E-state index contributed by atoms with van der Waals surface area (Å²) in [6.45, 7) is -1.48. The van der Waals surface area contributed by atoms with Crippen LogP contribution < -0.4 is 4.72 Å². The average Bonchev–Trinajstić information content (AvgIpc) is 2.53. The van der Waals surface area contributed by atoms with E-state index in [1.165, 1.54) is 0 Å². The predicted molar refractivity (Wildman–Crippen MR) is 83.7 cm³/mol. The highest BCUT2D eigenvalue weighted by molar-refractivity contribution is 7.87. The molecule has 0 radical (unpaired) electrons. The highest BCUT2D eigenvalue weighted by Crippen LogP contribution is 2.31. The van der Waals surface area contributed by atoms with E-state index in [0.717, 1.165) is 4.31 Å². The normalized spacial score (nSPS) is 19.4. The first-order chi connectivity index (χ1) is 11.1. The molecule has 1 unspecified atom stereocenters. The average molecular weight is 387 g/mol. The smallest absolute Gasteiger partial charge is 0.388 e. The van der Waals surface area contributed by atoms with Crippen molar-refractivity contribution >= 4 is 21.8 Å². The molecule has 1 fully saturated rings. The molecule has 0 aliphatic carbocycles. The van der Waals surface area contributed by atoms with Gasteiger partial charge in [-0.2, -0.15) is 30.6 Å². The quantitative estimate of drug-likeness (QED) is 0.816. The molecule has 1 heterocycles. The van der Waals surface area contributed by atoms with Crippen LogP contribution in [0.1, 0.15) is 24.5 Å². The van der Waals surface area contributed by atoms with Crippen LogP contribution in [0.4, 0.5) is 13.2 Å². The number of rotatable bonds is 5. The molecule has 24 heavy (non-hydrogen) atoms. The van der Waals surface area contributed by atoms with Gasteiger partial charge in [0.25, 0.3) is 10.2 Å². The van der Waals surface area contributed by atoms with Gasteiger partial charge in [-0.05, 0) is 36.5 Å². The van der Waals surface area contributed by atoms with Crippen LogP contribution in [-0.4, -0.2) is 43.6 Å². The number of piperidine rings is 1. The van der Waals surface area contributed by atoms with Crippen LogP contribution in [-0.2, 0) is 10.2 Å². The van der Waals surface area contributed by atoms with E-state index < -0.39 is 29.0 Å². The molecule has 0 saturated carbocycles. The highest BCUT2D eigenvalue weighted by Gasteiger charge is 2.35. The number of hydrogen-bond acceptors (Lipinski definition) is 3. The van der Waals surface area contributed by atoms with Crippen molar-refractivity contribution in [2.75, 3.05) is 19.6 Å². The number of alkyl halides is 3. The molecule has 1 aliphatic rings. The minimum Gasteiger partial charge on any atom is -0.388 e. The first-order valence-electron chi connectivity index (χ1n) is 7.33. The lowest BCUT2D eigenvalue weighted by Crippen LogP contribution is -2.47. The van der Waals surface area contributed by atoms with Crippen LogP contribution in [0.5, 0.6) is 0 Å². The third kappa shape index (κ3) is 5.32. The molecule has 10 heteroatoms.